The van der Waals surface area contributed by atoms with Crippen LogP contribution < -0.4 is 5.32 Å². The van der Waals surface area contributed by atoms with Gasteiger partial charge >= 0.3 is 6.09 Å². The summed E-state index contributed by atoms with van der Waals surface area (Å²) in [5.74, 6) is 0. The van der Waals surface area contributed by atoms with Crippen LogP contribution in [0.25, 0.3) is 0 Å². The number of amides is 1. The fourth-order valence-corrected chi connectivity index (χ4v) is 2.46. The number of alkyl carbamates (subject to hydrolysis) is 1. The van der Waals surface area contributed by atoms with Crippen molar-refractivity contribution in [2.75, 3.05) is 6.61 Å². The monoisotopic (exact) mass is 323 g/mol. The first-order valence-corrected chi connectivity index (χ1v) is 6.71. The number of carbonyl (C=O) groups excluding carboxylic acids is 1. The molecular weight excluding hydrogens is 305 g/mol. The Morgan fingerprint density at radius 3 is 3.13 bits per heavy atom. The van der Waals surface area contributed by atoms with E-state index in [1.165, 1.54) is 0 Å². The zero-order valence-corrected chi connectivity index (χ0v) is 11.2. The minimum Gasteiger partial charge on any atom is -0.450 e. The summed E-state index contributed by atoms with van der Waals surface area (Å²) in [5.41, 5.74) is 0. The van der Waals surface area contributed by atoms with E-state index in [1.54, 1.807) is 0 Å². The Morgan fingerprint density at radius 2 is 2.40 bits per heavy atom. The number of ether oxygens (including phenoxy) is 1. The van der Waals surface area contributed by atoms with E-state index < -0.39 is 0 Å². The van der Waals surface area contributed by atoms with Crippen molar-refractivity contribution in [1.29, 1.82) is 0 Å². The summed E-state index contributed by atoms with van der Waals surface area (Å²) >= 11 is 2.40. The van der Waals surface area contributed by atoms with E-state index in [4.69, 9.17) is 4.74 Å². The average Bonchev–Trinajstić information content (AvgIpc) is 2.18. The molecule has 0 aromatic heterocycles. The second-order valence-electron chi connectivity index (χ2n) is 3.63. The number of halogens is 1. The topological polar surface area (TPSA) is 38.3 Å². The Morgan fingerprint density at radius 1 is 1.60 bits per heavy atom. The van der Waals surface area contributed by atoms with Gasteiger partial charge in [-0.2, -0.15) is 0 Å². The van der Waals surface area contributed by atoms with Crippen LogP contribution in [0.3, 0.4) is 0 Å². The number of carbonyl (C=O) groups is 1. The Labute approximate surface area is 105 Å². The second kappa shape index (κ2) is 7.09. The Balaban J connectivity index is 2.43. The molecule has 86 valence electrons. The third-order valence-corrected chi connectivity index (χ3v) is 3.81. The van der Waals surface area contributed by atoms with Gasteiger partial charge < -0.3 is 10.1 Å². The number of hydrogen-bond donors (Lipinski definition) is 1. The van der Waals surface area contributed by atoms with Gasteiger partial charge in [0, 0.05) is 9.97 Å². The smallest absolute Gasteiger partial charge is 0.407 e. The highest BCUT2D eigenvalue weighted by atomic mass is 127. The van der Waals surface area contributed by atoms with Crippen LogP contribution in [0.1, 0.15) is 32.6 Å². The molecule has 1 rings (SSSR count). The lowest BCUT2D eigenvalue weighted by Crippen LogP contribution is -2.41. The van der Waals surface area contributed by atoms with Gasteiger partial charge in [0.1, 0.15) is 0 Å². The first-order valence-electron chi connectivity index (χ1n) is 5.46. The zero-order valence-electron chi connectivity index (χ0n) is 9.04. The van der Waals surface area contributed by atoms with E-state index in [0.717, 1.165) is 25.7 Å². The molecular formula is C11H18INO2. The maximum Gasteiger partial charge on any atom is 0.407 e. The molecule has 0 aromatic rings. The first-order chi connectivity index (χ1) is 7.24. The van der Waals surface area contributed by atoms with Crippen molar-refractivity contribution < 1.29 is 9.53 Å². The van der Waals surface area contributed by atoms with Gasteiger partial charge in [-0.3, -0.25) is 0 Å². The zero-order chi connectivity index (χ0) is 11.1. The minimum atomic E-state index is -0.284. The second-order valence-corrected chi connectivity index (χ2v) is 5.23. The molecule has 0 aliphatic heterocycles. The highest BCUT2D eigenvalue weighted by molar-refractivity contribution is 14.1. The van der Waals surface area contributed by atoms with Crippen molar-refractivity contribution in [3.63, 3.8) is 0 Å². The normalized spacial score (nSPS) is 28.7. The van der Waals surface area contributed by atoms with E-state index in [-0.39, 0.29) is 12.1 Å². The van der Waals surface area contributed by atoms with Crippen molar-refractivity contribution in [2.45, 2.75) is 42.6 Å². The molecule has 0 aromatic carbocycles. The molecule has 3 nitrogen and oxygen atoms in total. The first kappa shape index (κ1) is 12.8. The van der Waals surface area contributed by atoms with Crippen LogP contribution in [0.5, 0.6) is 0 Å². The van der Waals surface area contributed by atoms with E-state index in [0.29, 0.717) is 10.5 Å². The van der Waals surface area contributed by atoms with Gasteiger partial charge in [0.05, 0.1) is 6.61 Å². The van der Waals surface area contributed by atoms with Crippen molar-refractivity contribution in [2.24, 2.45) is 0 Å². The van der Waals surface area contributed by atoms with Crippen LogP contribution in [0.4, 0.5) is 4.79 Å². The van der Waals surface area contributed by atoms with E-state index in [9.17, 15) is 4.79 Å². The van der Waals surface area contributed by atoms with Crippen molar-refractivity contribution in [1.82, 2.24) is 5.32 Å². The number of rotatable bonds is 2. The minimum absolute atomic E-state index is 0.245. The molecule has 0 spiro atoms. The van der Waals surface area contributed by atoms with Crippen LogP contribution in [-0.2, 0) is 4.74 Å². The lowest BCUT2D eigenvalue weighted by molar-refractivity contribution is 0.147. The fourth-order valence-electron chi connectivity index (χ4n) is 1.63. The largest absolute Gasteiger partial charge is 0.450 e. The highest BCUT2D eigenvalue weighted by Gasteiger charge is 2.20. The summed E-state index contributed by atoms with van der Waals surface area (Å²) in [5, 5.41) is 2.93. The predicted molar refractivity (Wildman–Crippen MR) is 69.4 cm³/mol. The van der Waals surface area contributed by atoms with Crippen molar-refractivity contribution in [3.8, 4) is 0 Å². The standard InChI is InChI=1S/C11H18INO2/c1-2-15-11(14)13-10-8-6-4-3-5-7-9(10)12/h3,5,9-10H,2,4,6-8H2,1H3,(H,13,14)/b5-3+/t9?,10-/m1/s1. The quantitative estimate of drug-likeness (QED) is 0.482. The Kier molecular flexibility index (Phi) is 6.05. The van der Waals surface area contributed by atoms with Crippen LogP contribution in [0.2, 0.25) is 0 Å². The Hall–Kier alpha value is -0.260. The maximum absolute atomic E-state index is 11.3. The summed E-state index contributed by atoms with van der Waals surface area (Å²) in [4.78, 5) is 11.3. The third kappa shape index (κ3) is 4.86. The number of alkyl halides is 1. The summed E-state index contributed by atoms with van der Waals surface area (Å²) in [6.45, 7) is 2.26. The molecule has 0 fully saturated rings. The predicted octanol–water partition coefficient (Wildman–Crippen LogP) is 3.03. The molecule has 0 radical (unpaired) electrons. The van der Waals surface area contributed by atoms with Crippen LogP contribution in [0.15, 0.2) is 12.2 Å². The lowest BCUT2D eigenvalue weighted by atomic mass is 10.0. The molecule has 1 aliphatic carbocycles. The summed E-state index contributed by atoms with van der Waals surface area (Å²) < 4.78 is 5.36. The van der Waals surface area contributed by atoms with Gasteiger partial charge in [-0.1, -0.05) is 34.7 Å². The molecule has 0 saturated heterocycles. The fraction of sp³-hybridized carbons (Fsp3) is 0.727. The van der Waals surface area contributed by atoms with Gasteiger partial charge in [0.15, 0.2) is 0 Å². The molecule has 0 saturated carbocycles. The van der Waals surface area contributed by atoms with Crippen LogP contribution in [0, 0.1) is 0 Å². The van der Waals surface area contributed by atoms with E-state index in [2.05, 4.69) is 40.1 Å². The summed E-state index contributed by atoms with van der Waals surface area (Å²) in [6, 6.07) is 0.245. The SMILES string of the molecule is CCOC(=O)N[C@@H]1CCC/C=C/CC1I. The molecule has 1 aliphatic rings. The molecule has 4 heteroatoms. The molecule has 2 atom stereocenters. The molecule has 1 amide bonds. The lowest BCUT2D eigenvalue weighted by Gasteiger charge is -2.23. The Bertz CT molecular complexity index is 231. The highest BCUT2D eigenvalue weighted by Crippen LogP contribution is 2.20. The van der Waals surface area contributed by atoms with Gasteiger partial charge in [-0.05, 0) is 32.6 Å². The summed E-state index contributed by atoms with van der Waals surface area (Å²) in [6.07, 6.45) is 8.46. The van der Waals surface area contributed by atoms with Crippen molar-refractivity contribution in [3.05, 3.63) is 12.2 Å². The van der Waals surface area contributed by atoms with Crippen LogP contribution >= 0.6 is 22.6 Å². The molecule has 1 N–H and O–H groups in total. The number of nitrogens with one attached hydrogen (secondary N) is 1. The summed E-state index contributed by atoms with van der Waals surface area (Å²) in [7, 11) is 0. The van der Waals surface area contributed by atoms with Crippen molar-refractivity contribution >= 4 is 28.7 Å². The van der Waals surface area contributed by atoms with Gasteiger partial charge in [0.25, 0.3) is 0 Å². The number of hydrogen-bond acceptors (Lipinski definition) is 2. The van der Waals surface area contributed by atoms with E-state index in [1.807, 2.05) is 6.92 Å². The average molecular weight is 323 g/mol. The van der Waals surface area contributed by atoms with Gasteiger partial charge in [-0.15, -0.1) is 0 Å². The molecule has 0 heterocycles. The van der Waals surface area contributed by atoms with E-state index >= 15 is 0 Å². The number of allylic oxidation sites excluding steroid dienone is 2. The maximum atomic E-state index is 11.3. The third-order valence-electron chi connectivity index (χ3n) is 2.43. The van der Waals surface area contributed by atoms with Gasteiger partial charge in [0.2, 0.25) is 0 Å². The molecule has 0 bridgehead atoms. The van der Waals surface area contributed by atoms with Gasteiger partial charge in [-0.25, -0.2) is 4.79 Å². The molecule has 15 heavy (non-hydrogen) atoms. The molecule has 1 unspecified atom stereocenters. The van der Waals surface area contributed by atoms with Crippen LogP contribution in [-0.4, -0.2) is 22.7 Å².